The average molecular weight is 557 g/mol. The fraction of sp³-hybridized carbons (Fsp3) is 0.100. The first-order chi connectivity index (χ1) is 19.2. The van der Waals surface area contributed by atoms with Gasteiger partial charge in [0.05, 0.1) is 12.0 Å². The van der Waals surface area contributed by atoms with E-state index in [2.05, 4.69) is 10.0 Å². The summed E-state index contributed by atoms with van der Waals surface area (Å²) < 4.78 is 33.0. The number of ketones is 1. The molecule has 0 spiro atoms. The number of methoxy groups -OCH3 is 1. The van der Waals surface area contributed by atoms with E-state index < -0.39 is 27.9 Å². The Hall–Kier alpha value is -4.80. The number of amides is 1. The molecule has 1 amide bonds. The van der Waals surface area contributed by atoms with Crippen LogP contribution in [0.1, 0.15) is 43.4 Å². The van der Waals surface area contributed by atoms with E-state index in [4.69, 9.17) is 4.74 Å². The molecule has 202 valence electrons. The van der Waals surface area contributed by atoms with Crippen molar-refractivity contribution in [2.24, 2.45) is 0 Å². The predicted molar refractivity (Wildman–Crippen MR) is 147 cm³/mol. The lowest BCUT2D eigenvalue weighted by molar-refractivity contribution is -0.139. The molecule has 0 saturated heterocycles. The molecule has 0 fully saturated rings. The molecule has 0 bridgehead atoms. The van der Waals surface area contributed by atoms with Crippen molar-refractivity contribution in [2.75, 3.05) is 7.11 Å². The van der Waals surface area contributed by atoms with Crippen LogP contribution in [0.4, 0.5) is 0 Å². The molecular weight excluding hydrogens is 532 g/mol. The van der Waals surface area contributed by atoms with Gasteiger partial charge in [-0.2, -0.15) is 0 Å². The number of carboxylic acid groups (broad SMARTS) is 1. The summed E-state index contributed by atoms with van der Waals surface area (Å²) in [5, 5.41) is 12.5. The van der Waals surface area contributed by atoms with Crippen molar-refractivity contribution < 1.29 is 32.6 Å². The molecule has 0 aliphatic heterocycles. The number of rotatable bonds is 9. The second-order valence-corrected chi connectivity index (χ2v) is 10.9. The third-order valence-electron chi connectivity index (χ3n) is 6.64. The Kier molecular flexibility index (Phi) is 7.20. The molecule has 1 aliphatic rings. The van der Waals surface area contributed by atoms with Crippen LogP contribution in [0.25, 0.3) is 11.1 Å². The highest BCUT2D eigenvalue weighted by Gasteiger charge is 2.31. The molecule has 0 saturated carbocycles. The minimum Gasteiger partial charge on any atom is -0.497 e. The van der Waals surface area contributed by atoms with Crippen molar-refractivity contribution in [2.45, 2.75) is 17.5 Å². The zero-order valence-corrected chi connectivity index (χ0v) is 22.1. The quantitative estimate of drug-likeness (QED) is 0.250. The fourth-order valence-electron chi connectivity index (χ4n) is 4.66. The van der Waals surface area contributed by atoms with Crippen molar-refractivity contribution in [3.63, 3.8) is 0 Å². The van der Waals surface area contributed by atoms with Gasteiger partial charge in [-0.05, 0) is 47.0 Å². The normalized spacial score (nSPS) is 12.8. The molecule has 1 atom stereocenters. The summed E-state index contributed by atoms with van der Waals surface area (Å²) in [6, 6.07) is 22.5. The van der Waals surface area contributed by atoms with Crippen LogP contribution in [0.2, 0.25) is 0 Å². The minimum absolute atomic E-state index is 0.0515. The summed E-state index contributed by atoms with van der Waals surface area (Å²) >= 11 is 0. The van der Waals surface area contributed by atoms with Crippen LogP contribution >= 0.6 is 0 Å². The van der Waals surface area contributed by atoms with E-state index in [9.17, 15) is 27.9 Å². The van der Waals surface area contributed by atoms with E-state index in [0.29, 0.717) is 33.6 Å². The average Bonchev–Trinajstić information content (AvgIpc) is 3.26. The molecule has 1 aliphatic carbocycles. The third-order valence-corrected chi connectivity index (χ3v) is 8.05. The van der Waals surface area contributed by atoms with Gasteiger partial charge in [0.25, 0.3) is 5.91 Å². The van der Waals surface area contributed by atoms with Gasteiger partial charge in [0.1, 0.15) is 5.75 Å². The highest BCUT2D eigenvalue weighted by molar-refractivity contribution is 7.89. The summed E-state index contributed by atoms with van der Waals surface area (Å²) in [6.07, 6.45) is 0. The van der Waals surface area contributed by atoms with Gasteiger partial charge in [-0.15, -0.1) is 0 Å². The van der Waals surface area contributed by atoms with E-state index in [-0.39, 0.29) is 28.4 Å². The first-order valence-electron chi connectivity index (χ1n) is 12.2. The number of carbonyl (C=O) groups excluding carboxylic acids is 2. The maximum Gasteiger partial charge on any atom is 0.330 e. The number of hydrogen-bond donors (Lipinski definition) is 3. The molecule has 4 aromatic rings. The Morgan fingerprint density at radius 2 is 1.55 bits per heavy atom. The highest BCUT2D eigenvalue weighted by atomic mass is 32.2. The van der Waals surface area contributed by atoms with Gasteiger partial charge in [-0.25, -0.2) is 17.9 Å². The van der Waals surface area contributed by atoms with Crippen molar-refractivity contribution in [1.29, 1.82) is 0 Å². The van der Waals surface area contributed by atoms with Crippen molar-refractivity contribution in [1.82, 2.24) is 10.0 Å². The smallest absolute Gasteiger partial charge is 0.330 e. The molecule has 4 aromatic carbocycles. The second-order valence-electron chi connectivity index (χ2n) is 9.09. The lowest BCUT2D eigenvalue weighted by Crippen LogP contribution is -2.34. The Bertz CT molecular complexity index is 1750. The van der Waals surface area contributed by atoms with Crippen LogP contribution < -0.4 is 14.8 Å². The summed E-state index contributed by atoms with van der Waals surface area (Å²) in [5.41, 5.74) is 2.88. The third kappa shape index (κ3) is 5.09. The zero-order valence-electron chi connectivity index (χ0n) is 21.2. The number of fused-ring (bicyclic) bond motifs is 3. The van der Waals surface area contributed by atoms with Crippen molar-refractivity contribution in [3.05, 3.63) is 119 Å². The second kappa shape index (κ2) is 10.8. The Morgan fingerprint density at radius 3 is 2.25 bits per heavy atom. The number of aliphatic carboxylic acids is 1. The number of ether oxygens (including phenoxy) is 1. The monoisotopic (exact) mass is 556 g/mol. The zero-order chi connectivity index (χ0) is 28.4. The summed E-state index contributed by atoms with van der Waals surface area (Å²) in [6.45, 7) is -0.104. The molecule has 0 aromatic heterocycles. The van der Waals surface area contributed by atoms with Crippen LogP contribution in [0, 0.1) is 0 Å². The molecule has 3 N–H and O–H groups in total. The number of carbonyl (C=O) groups is 3. The highest BCUT2D eigenvalue weighted by Crippen LogP contribution is 2.39. The SMILES string of the molecule is COc1ccc(S(=O)(=O)NCc2cccc(C(NC(=O)c3cccc4c3-c3ccccc3C4=O)C(=O)O)c2)cc1. The first kappa shape index (κ1) is 26.8. The summed E-state index contributed by atoms with van der Waals surface area (Å²) in [7, 11) is -2.36. The van der Waals surface area contributed by atoms with Crippen molar-refractivity contribution in [3.8, 4) is 16.9 Å². The van der Waals surface area contributed by atoms with E-state index in [0.717, 1.165) is 0 Å². The summed E-state index contributed by atoms with van der Waals surface area (Å²) in [4.78, 5) is 38.5. The number of sulfonamides is 1. The van der Waals surface area contributed by atoms with Crippen LogP contribution in [0.5, 0.6) is 5.75 Å². The van der Waals surface area contributed by atoms with Gasteiger partial charge in [-0.3, -0.25) is 9.59 Å². The Balaban J connectivity index is 1.37. The predicted octanol–water partition coefficient (Wildman–Crippen LogP) is 3.94. The molecule has 1 unspecified atom stereocenters. The molecule has 9 nitrogen and oxygen atoms in total. The molecule has 40 heavy (non-hydrogen) atoms. The largest absolute Gasteiger partial charge is 0.497 e. The van der Waals surface area contributed by atoms with Gasteiger partial charge in [-0.1, -0.05) is 60.7 Å². The summed E-state index contributed by atoms with van der Waals surface area (Å²) in [5.74, 6) is -1.63. The lowest BCUT2D eigenvalue weighted by Gasteiger charge is -2.17. The molecule has 0 radical (unpaired) electrons. The van der Waals surface area contributed by atoms with Crippen LogP contribution in [0.15, 0.2) is 95.9 Å². The van der Waals surface area contributed by atoms with E-state index in [1.165, 1.54) is 43.5 Å². The fourth-order valence-corrected chi connectivity index (χ4v) is 5.68. The van der Waals surface area contributed by atoms with Gasteiger partial charge >= 0.3 is 5.97 Å². The van der Waals surface area contributed by atoms with Gasteiger partial charge in [0, 0.05) is 28.8 Å². The van der Waals surface area contributed by atoms with Gasteiger partial charge in [0.15, 0.2) is 11.8 Å². The van der Waals surface area contributed by atoms with Crippen molar-refractivity contribution >= 4 is 27.7 Å². The number of hydrogen-bond acceptors (Lipinski definition) is 6. The number of nitrogens with one attached hydrogen (secondary N) is 2. The number of benzene rings is 4. The molecule has 10 heteroatoms. The van der Waals surface area contributed by atoms with Gasteiger partial charge in [0.2, 0.25) is 10.0 Å². The Morgan fingerprint density at radius 1 is 0.875 bits per heavy atom. The van der Waals surface area contributed by atoms with Crippen LogP contribution in [-0.4, -0.2) is 38.3 Å². The number of carboxylic acids is 1. The minimum atomic E-state index is -3.84. The topological polar surface area (TPSA) is 139 Å². The molecule has 0 heterocycles. The van der Waals surface area contributed by atoms with E-state index in [1.54, 1.807) is 54.6 Å². The molecule has 5 rings (SSSR count). The van der Waals surface area contributed by atoms with Crippen LogP contribution in [0.3, 0.4) is 0 Å². The Labute approximate surface area is 230 Å². The van der Waals surface area contributed by atoms with Crippen LogP contribution in [-0.2, 0) is 21.4 Å². The maximum atomic E-state index is 13.4. The maximum absolute atomic E-state index is 13.4. The first-order valence-corrected chi connectivity index (χ1v) is 13.7. The van der Waals surface area contributed by atoms with E-state index in [1.807, 2.05) is 0 Å². The lowest BCUT2D eigenvalue weighted by atomic mass is 9.98. The van der Waals surface area contributed by atoms with Gasteiger partial charge < -0.3 is 15.2 Å². The molecular formula is C30H24N2O7S. The standard InChI is InChI=1S/C30H24N2O7S/c1-39-20-12-14-21(15-13-20)40(37,38)31-17-18-6-4-7-19(16-18)27(30(35)36)32-29(34)25-11-5-10-24-26(25)22-8-2-3-9-23(22)28(24)33/h2-16,27,31H,17H2,1H3,(H,32,34)(H,35,36). The van der Waals surface area contributed by atoms with E-state index >= 15 is 0 Å².